The van der Waals surface area contributed by atoms with Gasteiger partial charge in [0.25, 0.3) is 0 Å². The van der Waals surface area contributed by atoms with Crippen molar-refractivity contribution in [1.82, 2.24) is 9.97 Å². The zero-order valence-corrected chi connectivity index (χ0v) is 16.0. The molecule has 0 radical (unpaired) electrons. The van der Waals surface area contributed by atoms with Crippen molar-refractivity contribution >= 4 is 31.9 Å². The first kappa shape index (κ1) is 20.3. The topological polar surface area (TPSA) is 71.9 Å². The Morgan fingerprint density at radius 2 is 1.00 bits per heavy atom. The molecule has 0 saturated heterocycles. The molecular weight excluding hydrogens is 333 g/mol. The fourth-order valence-electron chi connectivity index (χ4n) is 2.86. The normalized spacial score (nSPS) is 10.2. The van der Waals surface area contributed by atoms with Crippen LogP contribution in [-0.2, 0) is 0 Å². The van der Waals surface area contributed by atoms with Crippen molar-refractivity contribution in [2.45, 2.75) is 27.7 Å². The van der Waals surface area contributed by atoms with Crippen molar-refractivity contribution in [2.75, 3.05) is 0 Å². The van der Waals surface area contributed by atoms with Crippen LogP contribution in [0.15, 0.2) is 48.8 Å². The molecule has 0 spiro atoms. The SMILES string of the molecule is Cc1cnc2c([O-])cccc2c1C.Cc1cnc2c([O-])cccc2c1C.[Be+2]. The second-order valence-corrected chi connectivity index (χ2v) is 6.44. The molecule has 2 aromatic carbocycles. The summed E-state index contributed by atoms with van der Waals surface area (Å²) in [5.74, 6) is 0.00111. The fourth-order valence-corrected chi connectivity index (χ4v) is 2.86. The first-order valence-corrected chi connectivity index (χ1v) is 8.44. The van der Waals surface area contributed by atoms with Gasteiger partial charge in [-0.25, -0.2) is 0 Å². The van der Waals surface area contributed by atoms with Crippen molar-refractivity contribution < 1.29 is 10.2 Å². The van der Waals surface area contributed by atoms with Gasteiger partial charge in [0.05, 0.1) is 11.0 Å². The third kappa shape index (κ3) is 3.91. The van der Waals surface area contributed by atoms with Gasteiger partial charge in [-0.2, -0.15) is 0 Å². The maximum Gasteiger partial charge on any atom is 2.00 e. The minimum absolute atomic E-state index is 0. The average Bonchev–Trinajstić information content (AvgIpc) is 2.63. The van der Waals surface area contributed by atoms with Crippen LogP contribution in [0.4, 0.5) is 0 Å². The van der Waals surface area contributed by atoms with E-state index in [0.29, 0.717) is 11.0 Å². The first-order chi connectivity index (χ1) is 12.4. The molecule has 5 heteroatoms. The summed E-state index contributed by atoms with van der Waals surface area (Å²) in [7, 11) is 0. The van der Waals surface area contributed by atoms with Gasteiger partial charge in [0, 0.05) is 23.2 Å². The number of pyridine rings is 2. The number of aromatic nitrogens is 2. The van der Waals surface area contributed by atoms with Crippen LogP contribution in [0.25, 0.3) is 21.8 Å². The summed E-state index contributed by atoms with van der Waals surface area (Å²) >= 11 is 0. The van der Waals surface area contributed by atoms with Gasteiger partial charge in [-0.05, 0) is 49.9 Å². The minimum Gasteiger partial charge on any atom is -0.871 e. The van der Waals surface area contributed by atoms with Crippen LogP contribution in [-0.4, -0.2) is 20.1 Å². The average molecular weight is 353 g/mol. The number of rotatable bonds is 0. The second-order valence-electron chi connectivity index (χ2n) is 6.44. The molecule has 0 unspecified atom stereocenters. The van der Waals surface area contributed by atoms with Crippen LogP contribution in [0.5, 0.6) is 11.5 Å². The molecule has 0 atom stereocenters. The van der Waals surface area contributed by atoms with Gasteiger partial charge in [-0.15, -0.1) is 0 Å². The summed E-state index contributed by atoms with van der Waals surface area (Å²) in [4.78, 5) is 8.26. The molecule has 0 amide bonds. The van der Waals surface area contributed by atoms with E-state index in [1.165, 1.54) is 0 Å². The van der Waals surface area contributed by atoms with Crippen LogP contribution in [0.3, 0.4) is 0 Å². The summed E-state index contributed by atoms with van der Waals surface area (Å²) in [6.07, 6.45) is 3.50. The summed E-state index contributed by atoms with van der Waals surface area (Å²) in [5.41, 5.74) is 5.68. The standard InChI is InChI=1S/2C11H11NO.Be/c2*1-7-6-12-11-9(8(7)2)4-3-5-10(11)13;/h2*3-6,13H,1-2H3;/q;;+2/p-2. The van der Waals surface area contributed by atoms with Crippen LogP contribution in [0.1, 0.15) is 22.3 Å². The Kier molecular flexibility index (Phi) is 6.14. The van der Waals surface area contributed by atoms with Crippen molar-refractivity contribution in [3.63, 3.8) is 0 Å². The third-order valence-electron chi connectivity index (χ3n) is 4.76. The molecule has 4 nitrogen and oxygen atoms in total. The second kappa shape index (κ2) is 8.15. The largest absolute Gasteiger partial charge is 2.00 e. The van der Waals surface area contributed by atoms with E-state index in [0.717, 1.165) is 33.0 Å². The molecule has 0 fully saturated rings. The van der Waals surface area contributed by atoms with Crippen LogP contribution < -0.4 is 10.2 Å². The van der Waals surface area contributed by atoms with Gasteiger partial charge in [0.2, 0.25) is 0 Å². The summed E-state index contributed by atoms with van der Waals surface area (Å²) in [6.45, 7) is 8.02. The Balaban J connectivity index is 0.000000187. The summed E-state index contributed by atoms with van der Waals surface area (Å²) in [6, 6.07) is 10.5. The van der Waals surface area contributed by atoms with Crippen molar-refractivity contribution in [2.24, 2.45) is 0 Å². The molecule has 4 rings (SSSR count). The van der Waals surface area contributed by atoms with E-state index in [1.54, 1.807) is 36.7 Å². The third-order valence-corrected chi connectivity index (χ3v) is 4.76. The van der Waals surface area contributed by atoms with Gasteiger partial charge in [-0.3, -0.25) is 9.97 Å². The molecule has 0 aliphatic rings. The number of benzene rings is 2. The van der Waals surface area contributed by atoms with Crippen LogP contribution in [0, 0.1) is 27.7 Å². The predicted octanol–water partition coefficient (Wildman–Crippen LogP) is 3.47. The summed E-state index contributed by atoms with van der Waals surface area (Å²) < 4.78 is 0. The minimum atomic E-state index is 0. The van der Waals surface area contributed by atoms with Crippen LogP contribution in [0.2, 0.25) is 0 Å². The first-order valence-electron chi connectivity index (χ1n) is 8.44. The molecule has 27 heavy (non-hydrogen) atoms. The van der Waals surface area contributed by atoms with Gasteiger partial charge in [-0.1, -0.05) is 47.9 Å². The Labute approximate surface area is 162 Å². The molecule has 2 aromatic heterocycles. The number of para-hydroxylation sites is 2. The van der Waals surface area contributed by atoms with Crippen molar-refractivity contribution in [3.05, 3.63) is 71.0 Å². The van der Waals surface area contributed by atoms with Gasteiger partial charge < -0.3 is 10.2 Å². The van der Waals surface area contributed by atoms with Gasteiger partial charge in [0.1, 0.15) is 0 Å². The Bertz CT molecular complexity index is 1020. The maximum absolute atomic E-state index is 11.4. The zero-order chi connectivity index (χ0) is 18.8. The molecule has 0 saturated carbocycles. The zero-order valence-electron chi connectivity index (χ0n) is 16.0. The predicted molar refractivity (Wildman–Crippen MR) is 107 cm³/mol. The van der Waals surface area contributed by atoms with E-state index in [1.807, 2.05) is 39.8 Å². The van der Waals surface area contributed by atoms with Crippen LogP contribution >= 0.6 is 0 Å². The van der Waals surface area contributed by atoms with E-state index in [2.05, 4.69) is 9.97 Å². The van der Waals surface area contributed by atoms with Crippen molar-refractivity contribution in [3.8, 4) is 11.5 Å². The summed E-state index contributed by atoms with van der Waals surface area (Å²) in [5, 5.41) is 24.7. The van der Waals surface area contributed by atoms with E-state index in [-0.39, 0.29) is 21.6 Å². The molecule has 0 N–H and O–H groups in total. The van der Waals surface area contributed by atoms with E-state index in [4.69, 9.17) is 0 Å². The maximum atomic E-state index is 11.4. The van der Waals surface area contributed by atoms with Gasteiger partial charge in [0.15, 0.2) is 0 Å². The van der Waals surface area contributed by atoms with E-state index < -0.39 is 0 Å². The Morgan fingerprint density at radius 3 is 1.37 bits per heavy atom. The van der Waals surface area contributed by atoms with E-state index >= 15 is 0 Å². The fraction of sp³-hybridized carbons (Fsp3) is 0.182. The quantitative estimate of drug-likeness (QED) is 0.454. The number of aryl methyl sites for hydroxylation is 4. The van der Waals surface area contributed by atoms with Gasteiger partial charge >= 0.3 is 10.1 Å². The molecular formula is C22H20BeN2O2. The molecule has 0 aliphatic carbocycles. The molecule has 2 heterocycles. The number of nitrogens with zero attached hydrogens (tertiary/aromatic N) is 2. The van der Waals surface area contributed by atoms with Crippen molar-refractivity contribution in [1.29, 1.82) is 0 Å². The molecule has 0 aliphatic heterocycles. The van der Waals surface area contributed by atoms with E-state index in [9.17, 15) is 10.2 Å². The Hall–Kier alpha value is -2.97. The molecule has 4 aromatic rings. The Morgan fingerprint density at radius 1 is 0.630 bits per heavy atom. The molecule has 0 bridgehead atoms. The number of fused-ring (bicyclic) bond motifs is 2. The smallest absolute Gasteiger partial charge is 0.871 e. The number of hydrogen-bond acceptors (Lipinski definition) is 4. The molecule has 132 valence electrons. The monoisotopic (exact) mass is 353 g/mol. The number of hydrogen-bond donors (Lipinski definition) is 0.